The number of sulfonamides is 1. The van der Waals surface area contributed by atoms with E-state index in [2.05, 4.69) is 4.74 Å². The van der Waals surface area contributed by atoms with Gasteiger partial charge in [0, 0.05) is 5.56 Å². The van der Waals surface area contributed by atoms with Crippen LogP contribution >= 0.6 is 0 Å². The number of carbonyl (C=O) groups is 1. The molecule has 82 valence electrons. The van der Waals surface area contributed by atoms with Crippen LogP contribution in [0, 0.1) is 5.82 Å². The van der Waals surface area contributed by atoms with Crippen molar-refractivity contribution in [2.75, 3.05) is 7.11 Å². The topological polar surface area (TPSA) is 86.5 Å². The minimum Gasteiger partial charge on any atom is -0.492 e. The number of hydrogen-bond donors (Lipinski definition) is 1. The van der Waals surface area contributed by atoms with Crippen LogP contribution in [0.15, 0.2) is 17.0 Å². The van der Waals surface area contributed by atoms with Crippen molar-refractivity contribution < 1.29 is 22.3 Å². The van der Waals surface area contributed by atoms with E-state index in [4.69, 9.17) is 5.14 Å². The number of rotatable bonds is 3. The van der Waals surface area contributed by atoms with E-state index in [9.17, 15) is 17.6 Å². The van der Waals surface area contributed by atoms with Gasteiger partial charge >= 0.3 is 0 Å². The Morgan fingerprint density at radius 3 is 2.47 bits per heavy atom. The van der Waals surface area contributed by atoms with Crippen molar-refractivity contribution in [1.29, 1.82) is 0 Å². The van der Waals surface area contributed by atoms with Crippen LogP contribution in [0.25, 0.3) is 0 Å². The minimum absolute atomic E-state index is 0.240. The number of ether oxygens (including phenoxy) is 1. The first-order valence-electron chi connectivity index (χ1n) is 3.76. The molecule has 0 spiro atoms. The third-order valence-electron chi connectivity index (χ3n) is 1.71. The molecule has 0 aromatic heterocycles. The average Bonchev–Trinajstić information content (AvgIpc) is 2.15. The molecule has 0 aliphatic rings. The second kappa shape index (κ2) is 3.95. The summed E-state index contributed by atoms with van der Waals surface area (Å²) >= 11 is 0. The van der Waals surface area contributed by atoms with Crippen LogP contribution in [0.5, 0.6) is 5.75 Å². The lowest BCUT2D eigenvalue weighted by molar-refractivity contribution is 0.111. The molecule has 2 N–H and O–H groups in total. The van der Waals surface area contributed by atoms with E-state index in [1.54, 1.807) is 0 Å². The summed E-state index contributed by atoms with van der Waals surface area (Å²) in [6, 6.07) is 1.95. The number of carbonyl (C=O) groups excluding carboxylic acids is 1. The molecule has 7 heteroatoms. The highest BCUT2D eigenvalue weighted by atomic mass is 32.2. The normalized spacial score (nSPS) is 11.1. The van der Waals surface area contributed by atoms with E-state index in [1.165, 1.54) is 0 Å². The van der Waals surface area contributed by atoms with Gasteiger partial charge in [-0.2, -0.15) is 0 Å². The van der Waals surface area contributed by atoms with Crippen molar-refractivity contribution in [3.63, 3.8) is 0 Å². The second-order valence-corrected chi connectivity index (χ2v) is 4.16. The van der Waals surface area contributed by atoms with Crippen LogP contribution < -0.4 is 9.88 Å². The standard InChI is InChI=1S/C8H8FNO4S/c1-14-7-6(9)3-2-5(4-11)8(7)15(10,12)13/h2-4H,1H3,(H2,10,12,13). The zero-order chi connectivity index (χ0) is 11.6. The maximum absolute atomic E-state index is 13.1. The first kappa shape index (κ1) is 11.6. The number of hydrogen-bond acceptors (Lipinski definition) is 4. The molecular formula is C8H8FNO4S. The Morgan fingerprint density at radius 1 is 1.47 bits per heavy atom. The van der Waals surface area contributed by atoms with Crippen molar-refractivity contribution in [3.8, 4) is 5.75 Å². The zero-order valence-corrected chi connectivity index (χ0v) is 8.55. The zero-order valence-electron chi connectivity index (χ0n) is 7.73. The molecule has 1 aromatic carbocycles. The highest BCUT2D eigenvalue weighted by molar-refractivity contribution is 7.89. The fourth-order valence-corrected chi connectivity index (χ4v) is 2.01. The highest BCUT2D eigenvalue weighted by Gasteiger charge is 2.22. The number of primary sulfonamides is 1. The molecule has 0 aliphatic carbocycles. The molecule has 5 nitrogen and oxygen atoms in total. The first-order chi connectivity index (χ1) is 6.91. The predicted molar refractivity (Wildman–Crippen MR) is 49.7 cm³/mol. The smallest absolute Gasteiger partial charge is 0.242 e. The summed E-state index contributed by atoms with van der Waals surface area (Å²) < 4.78 is 39.9. The molecule has 0 aliphatic heterocycles. The molecule has 0 fully saturated rings. The quantitative estimate of drug-likeness (QED) is 0.760. The Hall–Kier alpha value is -1.47. The highest BCUT2D eigenvalue weighted by Crippen LogP contribution is 2.28. The fraction of sp³-hybridized carbons (Fsp3) is 0.125. The fourth-order valence-electron chi connectivity index (χ4n) is 1.13. The number of nitrogens with two attached hydrogens (primary N) is 1. The van der Waals surface area contributed by atoms with Crippen molar-refractivity contribution in [3.05, 3.63) is 23.5 Å². The molecule has 0 bridgehead atoms. The van der Waals surface area contributed by atoms with Gasteiger partial charge in [0.2, 0.25) is 10.0 Å². The van der Waals surface area contributed by atoms with Crippen LogP contribution in [-0.4, -0.2) is 21.8 Å². The number of halogens is 1. The van der Waals surface area contributed by atoms with Gasteiger partial charge in [0.25, 0.3) is 0 Å². The molecule has 0 radical (unpaired) electrons. The average molecular weight is 233 g/mol. The van der Waals surface area contributed by atoms with Gasteiger partial charge in [-0.25, -0.2) is 17.9 Å². The summed E-state index contributed by atoms with van der Waals surface area (Å²) in [5.41, 5.74) is -0.240. The summed E-state index contributed by atoms with van der Waals surface area (Å²) in [4.78, 5) is 9.92. The molecule has 0 atom stereocenters. The Bertz CT molecular complexity index is 498. The van der Waals surface area contributed by atoms with E-state index < -0.39 is 26.5 Å². The van der Waals surface area contributed by atoms with Gasteiger partial charge in [0.15, 0.2) is 17.9 Å². The Morgan fingerprint density at radius 2 is 2.07 bits per heavy atom. The maximum atomic E-state index is 13.1. The largest absolute Gasteiger partial charge is 0.492 e. The van der Waals surface area contributed by atoms with Gasteiger partial charge in [-0.05, 0) is 12.1 Å². The molecular weight excluding hydrogens is 225 g/mol. The summed E-state index contributed by atoms with van der Waals surface area (Å²) in [6.45, 7) is 0. The van der Waals surface area contributed by atoms with Gasteiger partial charge in [-0.3, -0.25) is 4.79 Å². The third-order valence-corrected chi connectivity index (χ3v) is 2.70. The van der Waals surface area contributed by atoms with Crippen LogP contribution in [0.4, 0.5) is 4.39 Å². The summed E-state index contributed by atoms with van der Waals surface area (Å²) in [7, 11) is -3.12. The molecule has 15 heavy (non-hydrogen) atoms. The van der Waals surface area contributed by atoms with Crippen molar-refractivity contribution in [2.24, 2.45) is 5.14 Å². The van der Waals surface area contributed by atoms with Gasteiger partial charge in [-0.15, -0.1) is 0 Å². The predicted octanol–water partition coefficient (Wildman–Crippen LogP) is 0.294. The third kappa shape index (κ3) is 2.13. The summed E-state index contributed by atoms with van der Waals surface area (Å²) in [5.74, 6) is -1.45. The number of methoxy groups -OCH3 is 1. The van der Waals surface area contributed by atoms with E-state index in [1.807, 2.05) is 0 Å². The van der Waals surface area contributed by atoms with Gasteiger partial charge in [0.1, 0.15) is 4.90 Å². The van der Waals surface area contributed by atoms with Crippen LogP contribution in [0.3, 0.4) is 0 Å². The van der Waals surface area contributed by atoms with Crippen molar-refractivity contribution in [2.45, 2.75) is 4.90 Å². The Kier molecular flexibility index (Phi) is 3.06. The minimum atomic E-state index is -4.21. The van der Waals surface area contributed by atoms with Crippen molar-refractivity contribution in [1.82, 2.24) is 0 Å². The molecule has 0 saturated heterocycles. The summed E-state index contributed by atoms with van der Waals surface area (Å²) in [6.07, 6.45) is 0.266. The Labute approximate surface area is 85.7 Å². The molecule has 0 amide bonds. The van der Waals surface area contributed by atoms with Crippen LogP contribution in [-0.2, 0) is 10.0 Å². The summed E-state index contributed by atoms with van der Waals surface area (Å²) in [5, 5.41) is 4.85. The monoisotopic (exact) mass is 233 g/mol. The van der Waals surface area contributed by atoms with Gasteiger partial charge < -0.3 is 4.74 Å². The second-order valence-electron chi connectivity index (χ2n) is 2.66. The number of aldehydes is 1. The first-order valence-corrected chi connectivity index (χ1v) is 5.31. The number of benzene rings is 1. The van der Waals surface area contributed by atoms with Gasteiger partial charge in [0.05, 0.1) is 7.11 Å². The lowest BCUT2D eigenvalue weighted by atomic mass is 10.2. The lowest BCUT2D eigenvalue weighted by Crippen LogP contribution is -2.16. The van der Waals surface area contributed by atoms with Crippen LogP contribution in [0.1, 0.15) is 10.4 Å². The molecule has 1 rings (SSSR count). The molecule has 0 heterocycles. The van der Waals surface area contributed by atoms with E-state index in [0.29, 0.717) is 0 Å². The Balaban J connectivity index is 3.70. The van der Waals surface area contributed by atoms with E-state index in [-0.39, 0.29) is 11.8 Å². The van der Waals surface area contributed by atoms with E-state index in [0.717, 1.165) is 19.2 Å². The SMILES string of the molecule is COc1c(F)ccc(C=O)c1S(N)(=O)=O. The van der Waals surface area contributed by atoms with Crippen molar-refractivity contribution >= 4 is 16.3 Å². The maximum Gasteiger partial charge on any atom is 0.242 e. The molecule has 1 aromatic rings. The van der Waals surface area contributed by atoms with Crippen LogP contribution in [0.2, 0.25) is 0 Å². The molecule has 0 unspecified atom stereocenters. The lowest BCUT2D eigenvalue weighted by Gasteiger charge is -2.09. The van der Waals surface area contributed by atoms with Gasteiger partial charge in [-0.1, -0.05) is 0 Å². The van der Waals surface area contributed by atoms with E-state index >= 15 is 0 Å². The molecule has 0 saturated carbocycles.